The lowest BCUT2D eigenvalue weighted by Gasteiger charge is -2.05. The molecule has 0 fully saturated rings. The Morgan fingerprint density at radius 3 is 2.41 bits per heavy atom. The van der Waals surface area contributed by atoms with Crippen molar-refractivity contribution in [3.8, 4) is 5.75 Å². The van der Waals surface area contributed by atoms with Gasteiger partial charge < -0.3 is 4.74 Å². The summed E-state index contributed by atoms with van der Waals surface area (Å²) in [5.74, 6) is 0.968. The molecular formula is C12H19NO3S. The van der Waals surface area contributed by atoms with Crippen molar-refractivity contribution in [2.75, 3.05) is 19.4 Å². The molecule has 96 valence electrons. The van der Waals surface area contributed by atoms with E-state index < -0.39 is 10.0 Å². The Bertz CT molecular complexity index is 426. The number of rotatable bonds is 7. The van der Waals surface area contributed by atoms with E-state index in [-0.39, 0.29) is 5.75 Å². The van der Waals surface area contributed by atoms with Gasteiger partial charge in [0.15, 0.2) is 0 Å². The summed E-state index contributed by atoms with van der Waals surface area (Å²) in [6, 6.07) is 7.80. The third kappa shape index (κ3) is 5.19. The van der Waals surface area contributed by atoms with Crippen molar-refractivity contribution in [2.45, 2.75) is 19.8 Å². The Hall–Kier alpha value is -1.07. The van der Waals surface area contributed by atoms with Gasteiger partial charge in [0.05, 0.1) is 12.9 Å². The van der Waals surface area contributed by atoms with Crippen molar-refractivity contribution in [3.63, 3.8) is 0 Å². The molecule has 1 N–H and O–H groups in total. The minimum atomic E-state index is -3.05. The van der Waals surface area contributed by atoms with Crippen LogP contribution < -0.4 is 9.46 Å². The van der Waals surface area contributed by atoms with Gasteiger partial charge in [0.1, 0.15) is 5.75 Å². The van der Waals surface area contributed by atoms with Crippen LogP contribution in [0, 0.1) is 0 Å². The highest BCUT2D eigenvalue weighted by atomic mass is 32.2. The molecule has 1 aromatic carbocycles. The average Bonchev–Trinajstić information content (AvgIpc) is 2.35. The van der Waals surface area contributed by atoms with E-state index in [1.165, 1.54) is 5.56 Å². The van der Waals surface area contributed by atoms with Gasteiger partial charge in [-0.2, -0.15) is 0 Å². The second-order valence-electron chi connectivity index (χ2n) is 3.75. The van der Waals surface area contributed by atoms with Gasteiger partial charge in [-0.1, -0.05) is 12.1 Å². The molecule has 0 unspecified atom stereocenters. The van der Waals surface area contributed by atoms with Gasteiger partial charge in [-0.3, -0.25) is 0 Å². The normalized spacial score (nSPS) is 11.4. The molecular weight excluding hydrogens is 238 g/mol. The van der Waals surface area contributed by atoms with Crippen molar-refractivity contribution < 1.29 is 13.2 Å². The lowest BCUT2D eigenvalue weighted by Crippen LogP contribution is -2.26. The standard InChI is InChI=1S/C12H19NO3S/c1-3-17(14,15)13-10-4-5-11-6-8-12(16-2)9-7-11/h6-9,13H,3-5,10H2,1-2H3. The van der Waals surface area contributed by atoms with Crippen molar-refractivity contribution in [1.29, 1.82) is 0 Å². The first kappa shape index (κ1) is 14.0. The first-order valence-corrected chi connectivity index (χ1v) is 7.33. The van der Waals surface area contributed by atoms with E-state index in [1.807, 2.05) is 24.3 Å². The van der Waals surface area contributed by atoms with Gasteiger partial charge in [-0.05, 0) is 37.5 Å². The Labute approximate surface area is 103 Å². The highest BCUT2D eigenvalue weighted by Crippen LogP contribution is 2.12. The van der Waals surface area contributed by atoms with E-state index in [4.69, 9.17) is 4.74 Å². The number of methoxy groups -OCH3 is 1. The third-order valence-electron chi connectivity index (χ3n) is 2.50. The fourth-order valence-electron chi connectivity index (χ4n) is 1.41. The van der Waals surface area contributed by atoms with Crippen LogP contribution in [0.15, 0.2) is 24.3 Å². The van der Waals surface area contributed by atoms with Crippen LogP contribution in [0.3, 0.4) is 0 Å². The largest absolute Gasteiger partial charge is 0.497 e. The van der Waals surface area contributed by atoms with Crippen LogP contribution in [0.5, 0.6) is 5.75 Å². The fourth-order valence-corrected chi connectivity index (χ4v) is 2.07. The maximum absolute atomic E-state index is 11.2. The molecule has 0 aliphatic rings. The zero-order chi connectivity index (χ0) is 12.7. The number of hydrogen-bond donors (Lipinski definition) is 1. The van der Waals surface area contributed by atoms with Gasteiger partial charge in [0.25, 0.3) is 0 Å². The van der Waals surface area contributed by atoms with E-state index in [0.717, 1.165) is 18.6 Å². The Morgan fingerprint density at radius 1 is 1.24 bits per heavy atom. The quantitative estimate of drug-likeness (QED) is 0.754. The second kappa shape index (κ2) is 6.61. The van der Waals surface area contributed by atoms with Gasteiger partial charge in [-0.15, -0.1) is 0 Å². The summed E-state index contributed by atoms with van der Waals surface area (Å²) in [5, 5.41) is 0. The minimum absolute atomic E-state index is 0.134. The van der Waals surface area contributed by atoms with Crippen LogP contribution in [0.4, 0.5) is 0 Å². The van der Waals surface area contributed by atoms with Crippen LogP contribution in [0.2, 0.25) is 0 Å². The van der Waals surface area contributed by atoms with Crippen LogP contribution >= 0.6 is 0 Å². The number of aryl methyl sites for hydroxylation is 1. The zero-order valence-electron chi connectivity index (χ0n) is 10.3. The summed E-state index contributed by atoms with van der Waals surface area (Å²) < 4.78 is 29.9. The SMILES string of the molecule is CCS(=O)(=O)NCCCc1ccc(OC)cc1. The molecule has 0 heterocycles. The number of ether oxygens (including phenoxy) is 1. The summed E-state index contributed by atoms with van der Waals surface area (Å²) >= 11 is 0. The topological polar surface area (TPSA) is 55.4 Å². The molecule has 0 saturated heterocycles. The molecule has 0 aliphatic heterocycles. The van der Waals surface area contributed by atoms with Crippen LogP contribution in [-0.2, 0) is 16.4 Å². The summed E-state index contributed by atoms with van der Waals surface area (Å²) in [4.78, 5) is 0. The molecule has 0 aliphatic carbocycles. The Kier molecular flexibility index (Phi) is 5.44. The summed E-state index contributed by atoms with van der Waals surface area (Å²) in [6.07, 6.45) is 1.65. The molecule has 5 heteroatoms. The summed E-state index contributed by atoms with van der Waals surface area (Å²) in [7, 11) is -1.42. The van der Waals surface area contributed by atoms with Crippen molar-refractivity contribution in [2.24, 2.45) is 0 Å². The van der Waals surface area contributed by atoms with E-state index in [9.17, 15) is 8.42 Å². The molecule has 0 bridgehead atoms. The molecule has 0 aromatic heterocycles. The molecule has 0 spiro atoms. The van der Waals surface area contributed by atoms with E-state index in [1.54, 1.807) is 14.0 Å². The third-order valence-corrected chi connectivity index (χ3v) is 3.91. The van der Waals surface area contributed by atoms with E-state index in [0.29, 0.717) is 6.54 Å². The molecule has 0 atom stereocenters. The average molecular weight is 257 g/mol. The highest BCUT2D eigenvalue weighted by molar-refractivity contribution is 7.89. The van der Waals surface area contributed by atoms with Crippen LogP contribution in [0.25, 0.3) is 0 Å². The number of benzene rings is 1. The van der Waals surface area contributed by atoms with Gasteiger partial charge in [-0.25, -0.2) is 13.1 Å². The van der Waals surface area contributed by atoms with E-state index in [2.05, 4.69) is 4.72 Å². The predicted octanol–water partition coefficient (Wildman–Crippen LogP) is 1.57. The van der Waals surface area contributed by atoms with Gasteiger partial charge in [0.2, 0.25) is 10.0 Å². The Morgan fingerprint density at radius 2 is 1.88 bits per heavy atom. The van der Waals surface area contributed by atoms with Crippen molar-refractivity contribution in [1.82, 2.24) is 4.72 Å². The molecule has 0 saturated carbocycles. The lowest BCUT2D eigenvalue weighted by molar-refractivity contribution is 0.414. The van der Waals surface area contributed by atoms with E-state index >= 15 is 0 Å². The molecule has 0 amide bonds. The molecule has 1 rings (SSSR count). The zero-order valence-corrected chi connectivity index (χ0v) is 11.1. The molecule has 17 heavy (non-hydrogen) atoms. The predicted molar refractivity (Wildman–Crippen MR) is 68.8 cm³/mol. The van der Waals surface area contributed by atoms with Crippen molar-refractivity contribution in [3.05, 3.63) is 29.8 Å². The van der Waals surface area contributed by atoms with Gasteiger partial charge >= 0.3 is 0 Å². The monoisotopic (exact) mass is 257 g/mol. The molecule has 4 nitrogen and oxygen atoms in total. The Balaban J connectivity index is 2.31. The summed E-state index contributed by atoms with van der Waals surface area (Å²) in [6.45, 7) is 2.12. The van der Waals surface area contributed by atoms with Crippen LogP contribution in [0.1, 0.15) is 18.9 Å². The number of hydrogen-bond acceptors (Lipinski definition) is 3. The first-order chi connectivity index (χ1) is 8.07. The second-order valence-corrected chi connectivity index (χ2v) is 5.84. The maximum atomic E-state index is 11.2. The molecule has 0 radical (unpaired) electrons. The van der Waals surface area contributed by atoms with Crippen LogP contribution in [-0.4, -0.2) is 27.8 Å². The minimum Gasteiger partial charge on any atom is -0.497 e. The smallest absolute Gasteiger partial charge is 0.211 e. The molecule has 1 aromatic rings. The number of nitrogens with one attached hydrogen (secondary N) is 1. The maximum Gasteiger partial charge on any atom is 0.211 e. The first-order valence-electron chi connectivity index (χ1n) is 5.67. The lowest BCUT2D eigenvalue weighted by atomic mass is 10.1. The number of sulfonamides is 1. The van der Waals surface area contributed by atoms with Gasteiger partial charge in [0, 0.05) is 6.54 Å². The van der Waals surface area contributed by atoms with Crippen molar-refractivity contribution >= 4 is 10.0 Å². The summed E-state index contributed by atoms with van der Waals surface area (Å²) in [5.41, 5.74) is 1.18. The fraction of sp³-hybridized carbons (Fsp3) is 0.500. The highest BCUT2D eigenvalue weighted by Gasteiger charge is 2.04.